The first-order valence-corrected chi connectivity index (χ1v) is 8.13. The van der Waals surface area contributed by atoms with Crippen LogP contribution in [0, 0.1) is 30.9 Å². The Morgan fingerprint density at radius 1 is 1.12 bits per heavy atom. The van der Waals surface area contributed by atoms with Crippen LogP contribution >= 0.6 is 12.2 Å². The Morgan fingerprint density at radius 3 is 2.36 bits per heavy atom. The van der Waals surface area contributed by atoms with Gasteiger partial charge in [-0.3, -0.25) is 15.5 Å². The number of anilines is 1. The van der Waals surface area contributed by atoms with E-state index in [1.807, 2.05) is 32.0 Å². The number of nitrogens with zero attached hydrogens (tertiary/aromatic N) is 2. The van der Waals surface area contributed by atoms with Gasteiger partial charge in [-0.05, 0) is 51.0 Å². The fourth-order valence-corrected chi connectivity index (χ4v) is 2.53. The van der Waals surface area contributed by atoms with Crippen LogP contribution in [-0.4, -0.2) is 15.7 Å². The van der Waals surface area contributed by atoms with Gasteiger partial charge in [0.1, 0.15) is 0 Å². The van der Waals surface area contributed by atoms with Crippen molar-refractivity contribution < 1.29 is 4.92 Å². The second-order valence-electron chi connectivity index (χ2n) is 5.79. The fraction of sp³-hybridized carbons (Fsp3) is 0.222. The number of para-hydroxylation sites is 1. The van der Waals surface area contributed by atoms with Gasteiger partial charge < -0.3 is 5.32 Å². The number of nitro groups is 1. The topological polar surface area (TPSA) is 79.6 Å². The normalized spacial score (nSPS) is 11.1. The van der Waals surface area contributed by atoms with E-state index < -0.39 is 4.92 Å². The van der Waals surface area contributed by atoms with Gasteiger partial charge in [-0.15, -0.1) is 0 Å². The molecule has 0 spiro atoms. The lowest BCUT2D eigenvalue weighted by Crippen LogP contribution is -2.25. The molecular weight excluding hydrogens is 336 g/mol. The summed E-state index contributed by atoms with van der Waals surface area (Å²) in [5.41, 5.74) is 7.85. The summed E-state index contributed by atoms with van der Waals surface area (Å²) in [4.78, 5) is 10.7. The standard InChI is InChI=1S/C18H20N4O2S/c1-11-8-9-15(10-16(11)22(23)24)14(4)20-21-18(25)19-17-12(2)6-5-7-13(17)3/h5-10H,1-4H3,(H2,19,21,25)/b20-14-. The van der Waals surface area contributed by atoms with Crippen LogP contribution in [0.4, 0.5) is 11.4 Å². The van der Waals surface area contributed by atoms with Gasteiger partial charge in [0.2, 0.25) is 0 Å². The van der Waals surface area contributed by atoms with Crippen molar-refractivity contribution in [3.63, 3.8) is 0 Å². The number of hydrazone groups is 1. The number of hydrogen-bond donors (Lipinski definition) is 2. The summed E-state index contributed by atoms with van der Waals surface area (Å²) in [5.74, 6) is 0. The third kappa shape index (κ3) is 4.60. The molecule has 2 aromatic rings. The average molecular weight is 356 g/mol. The minimum atomic E-state index is -0.396. The van der Waals surface area contributed by atoms with Gasteiger partial charge in [0.25, 0.3) is 5.69 Å². The maximum Gasteiger partial charge on any atom is 0.272 e. The molecule has 0 aromatic heterocycles. The van der Waals surface area contributed by atoms with Crippen LogP contribution in [0.25, 0.3) is 0 Å². The zero-order valence-corrected chi connectivity index (χ0v) is 15.4. The fourth-order valence-electron chi connectivity index (χ4n) is 2.38. The lowest BCUT2D eigenvalue weighted by Gasteiger charge is -2.13. The molecule has 0 atom stereocenters. The molecule has 0 fully saturated rings. The van der Waals surface area contributed by atoms with Gasteiger partial charge in [-0.1, -0.05) is 30.3 Å². The highest BCUT2D eigenvalue weighted by molar-refractivity contribution is 7.80. The molecule has 0 aliphatic rings. The summed E-state index contributed by atoms with van der Waals surface area (Å²) in [7, 11) is 0. The second kappa shape index (κ2) is 7.85. The predicted molar refractivity (Wildman–Crippen MR) is 105 cm³/mol. The zero-order valence-electron chi connectivity index (χ0n) is 14.6. The molecule has 0 amide bonds. The molecular formula is C18H20N4O2S. The zero-order chi connectivity index (χ0) is 18.6. The number of rotatable bonds is 4. The van der Waals surface area contributed by atoms with E-state index in [2.05, 4.69) is 15.8 Å². The highest BCUT2D eigenvalue weighted by Crippen LogP contribution is 2.20. The molecule has 130 valence electrons. The lowest BCUT2D eigenvalue weighted by atomic mass is 10.1. The van der Waals surface area contributed by atoms with E-state index in [1.165, 1.54) is 6.07 Å². The highest BCUT2D eigenvalue weighted by atomic mass is 32.1. The first-order valence-electron chi connectivity index (χ1n) is 7.72. The SMILES string of the molecule is C/C(=N/NC(=S)Nc1c(C)cccc1C)c1ccc(C)c([N+](=O)[O-])c1. The predicted octanol–water partition coefficient (Wildman–Crippen LogP) is 4.23. The summed E-state index contributed by atoms with van der Waals surface area (Å²) < 4.78 is 0. The molecule has 7 heteroatoms. The Bertz CT molecular complexity index is 842. The summed E-state index contributed by atoms with van der Waals surface area (Å²) in [6.07, 6.45) is 0. The maximum atomic E-state index is 11.0. The second-order valence-corrected chi connectivity index (χ2v) is 6.20. The van der Waals surface area contributed by atoms with Crippen LogP contribution in [0.2, 0.25) is 0 Å². The first kappa shape index (κ1) is 18.5. The number of thiocarbonyl (C=S) groups is 1. The first-order chi connectivity index (χ1) is 11.8. The van der Waals surface area contributed by atoms with Crippen LogP contribution in [0.3, 0.4) is 0 Å². The minimum Gasteiger partial charge on any atom is -0.331 e. The molecule has 0 unspecified atom stereocenters. The minimum absolute atomic E-state index is 0.0725. The van der Waals surface area contributed by atoms with Crippen LogP contribution in [0.15, 0.2) is 41.5 Å². The van der Waals surface area contributed by atoms with Crippen LogP contribution < -0.4 is 10.7 Å². The summed E-state index contributed by atoms with van der Waals surface area (Å²) in [6, 6.07) is 11.0. The van der Waals surface area contributed by atoms with E-state index in [1.54, 1.807) is 26.0 Å². The lowest BCUT2D eigenvalue weighted by molar-refractivity contribution is -0.385. The molecule has 0 aliphatic heterocycles. The van der Waals surface area contributed by atoms with Gasteiger partial charge in [0.05, 0.1) is 10.6 Å². The number of nitro benzene ring substituents is 1. The molecule has 0 heterocycles. The summed E-state index contributed by atoms with van der Waals surface area (Å²) >= 11 is 5.27. The molecule has 2 aromatic carbocycles. The molecule has 2 N–H and O–H groups in total. The average Bonchev–Trinajstić information content (AvgIpc) is 2.56. The third-order valence-electron chi connectivity index (χ3n) is 3.87. The summed E-state index contributed by atoms with van der Waals surface area (Å²) in [5, 5.41) is 18.8. The Morgan fingerprint density at radius 2 is 1.76 bits per heavy atom. The largest absolute Gasteiger partial charge is 0.331 e. The van der Waals surface area contributed by atoms with Crippen LogP contribution in [0.5, 0.6) is 0 Å². The van der Waals surface area contributed by atoms with Crippen molar-refractivity contribution in [2.24, 2.45) is 5.10 Å². The van der Waals surface area contributed by atoms with Crippen LogP contribution in [0.1, 0.15) is 29.2 Å². The molecule has 0 bridgehead atoms. The van der Waals surface area contributed by atoms with Gasteiger partial charge in [-0.2, -0.15) is 5.10 Å². The molecule has 0 aliphatic carbocycles. The van der Waals surface area contributed by atoms with E-state index in [4.69, 9.17) is 12.2 Å². The smallest absolute Gasteiger partial charge is 0.272 e. The van der Waals surface area contributed by atoms with Gasteiger partial charge >= 0.3 is 0 Å². The van der Waals surface area contributed by atoms with E-state index in [9.17, 15) is 10.1 Å². The van der Waals surface area contributed by atoms with Crippen molar-refractivity contribution in [2.75, 3.05) is 5.32 Å². The van der Waals surface area contributed by atoms with E-state index in [0.717, 1.165) is 16.8 Å². The van der Waals surface area contributed by atoms with Crippen molar-refractivity contribution in [3.8, 4) is 0 Å². The molecule has 25 heavy (non-hydrogen) atoms. The quantitative estimate of drug-likeness (QED) is 0.371. The number of aryl methyl sites for hydroxylation is 3. The Hall–Kier alpha value is -2.80. The van der Waals surface area contributed by atoms with Crippen molar-refractivity contribution in [2.45, 2.75) is 27.7 Å². The monoisotopic (exact) mass is 356 g/mol. The van der Waals surface area contributed by atoms with Gasteiger partial charge in [0, 0.05) is 22.9 Å². The van der Waals surface area contributed by atoms with Gasteiger partial charge in [0.15, 0.2) is 5.11 Å². The van der Waals surface area contributed by atoms with Gasteiger partial charge in [-0.25, -0.2) is 0 Å². The number of nitrogens with one attached hydrogen (secondary N) is 2. The molecule has 6 nitrogen and oxygen atoms in total. The third-order valence-corrected chi connectivity index (χ3v) is 4.06. The van der Waals surface area contributed by atoms with E-state index in [-0.39, 0.29) is 5.69 Å². The van der Waals surface area contributed by atoms with Crippen molar-refractivity contribution in [1.29, 1.82) is 0 Å². The van der Waals surface area contributed by atoms with Crippen molar-refractivity contribution in [3.05, 3.63) is 68.8 Å². The highest BCUT2D eigenvalue weighted by Gasteiger charge is 2.12. The number of benzene rings is 2. The maximum absolute atomic E-state index is 11.0. The molecule has 0 saturated carbocycles. The van der Waals surface area contributed by atoms with E-state index >= 15 is 0 Å². The number of hydrogen-bond acceptors (Lipinski definition) is 4. The van der Waals surface area contributed by atoms with Crippen molar-refractivity contribution in [1.82, 2.24) is 5.43 Å². The Labute approximate surface area is 152 Å². The molecule has 0 saturated heterocycles. The summed E-state index contributed by atoms with van der Waals surface area (Å²) in [6.45, 7) is 7.47. The Balaban J connectivity index is 2.12. The molecule has 0 radical (unpaired) electrons. The Kier molecular flexibility index (Phi) is 5.82. The van der Waals surface area contributed by atoms with E-state index in [0.29, 0.717) is 22.0 Å². The van der Waals surface area contributed by atoms with Crippen molar-refractivity contribution >= 4 is 34.4 Å². The molecule has 2 rings (SSSR count). The van der Waals surface area contributed by atoms with Crippen LogP contribution in [-0.2, 0) is 0 Å².